The standard InChI is InChI=1S/C20H13N3O/c21-10-13-3-1-5-15(7-13)19-12-23-20-18(19)9-16(11-22-20)14-4-2-6-17(24)8-14/h1-9,11-12,24H,(H,22,23). The molecule has 0 aliphatic carbocycles. The molecule has 0 unspecified atom stereocenters. The second-order valence-electron chi connectivity index (χ2n) is 5.57. The van der Waals surface area contributed by atoms with Crippen LogP contribution in [0.5, 0.6) is 5.75 Å². The van der Waals surface area contributed by atoms with Crippen LogP contribution in [0.2, 0.25) is 0 Å². The fourth-order valence-corrected chi connectivity index (χ4v) is 2.84. The second kappa shape index (κ2) is 5.56. The third kappa shape index (κ3) is 2.38. The molecule has 0 aliphatic rings. The van der Waals surface area contributed by atoms with Gasteiger partial charge in [-0.3, -0.25) is 0 Å². The van der Waals surface area contributed by atoms with Gasteiger partial charge < -0.3 is 10.1 Å². The fourth-order valence-electron chi connectivity index (χ4n) is 2.84. The van der Waals surface area contributed by atoms with Gasteiger partial charge in [0.05, 0.1) is 11.6 Å². The zero-order valence-electron chi connectivity index (χ0n) is 12.7. The van der Waals surface area contributed by atoms with Gasteiger partial charge in [0.2, 0.25) is 0 Å². The average Bonchev–Trinajstić information content (AvgIpc) is 3.05. The number of aromatic amines is 1. The number of H-pyrrole nitrogens is 1. The van der Waals surface area contributed by atoms with Crippen molar-refractivity contribution >= 4 is 11.0 Å². The van der Waals surface area contributed by atoms with Crippen LogP contribution in [-0.4, -0.2) is 15.1 Å². The van der Waals surface area contributed by atoms with E-state index in [0.29, 0.717) is 5.56 Å². The molecule has 4 aromatic rings. The maximum atomic E-state index is 9.68. The van der Waals surface area contributed by atoms with Gasteiger partial charge >= 0.3 is 0 Å². The maximum absolute atomic E-state index is 9.68. The van der Waals surface area contributed by atoms with Crippen LogP contribution in [0.4, 0.5) is 0 Å². The molecule has 0 bridgehead atoms. The SMILES string of the molecule is N#Cc1cccc(-c2c[nH]c3ncc(-c4cccc(O)c4)cc23)c1. The lowest BCUT2D eigenvalue weighted by Gasteiger charge is -2.04. The minimum atomic E-state index is 0.226. The first-order valence-corrected chi connectivity index (χ1v) is 7.52. The van der Waals surface area contributed by atoms with Crippen molar-refractivity contribution in [1.29, 1.82) is 5.26 Å². The number of nitriles is 1. The summed E-state index contributed by atoms with van der Waals surface area (Å²) in [5.74, 6) is 0.226. The molecule has 0 spiro atoms. The summed E-state index contributed by atoms with van der Waals surface area (Å²) in [4.78, 5) is 7.64. The van der Waals surface area contributed by atoms with Crippen molar-refractivity contribution in [1.82, 2.24) is 9.97 Å². The highest BCUT2D eigenvalue weighted by Gasteiger charge is 2.10. The molecule has 2 aromatic heterocycles. The Hall–Kier alpha value is -3.58. The summed E-state index contributed by atoms with van der Waals surface area (Å²) < 4.78 is 0. The van der Waals surface area contributed by atoms with E-state index in [0.717, 1.165) is 33.3 Å². The van der Waals surface area contributed by atoms with Crippen LogP contribution in [0.15, 0.2) is 67.0 Å². The molecular formula is C20H13N3O. The Kier molecular flexibility index (Phi) is 3.25. The number of phenolic OH excluding ortho intramolecular Hbond substituents is 1. The molecule has 2 aromatic carbocycles. The molecule has 0 amide bonds. The molecule has 114 valence electrons. The van der Waals surface area contributed by atoms with Gasteiger partial charge in [0.15, 0.2) is 0 Å². The second-order valence-corrected chi connectivity index (χ2v) is 5.57. The topological polar surface area (TPSA) is 72.7 Å². The number of phenols is 1. The average molecular weight is 311 g/mol. The van der Waals surface area contributed by atoms with E-state index in [9.17, 15) is 5.11 Å². The van der Waals surface area contributed by atoms with Crippen molar-refractivity contribution in [3.05, 3.63) is 72.6 Å². The van der Waals surface area contributed by atoms with Crippen LogP contribution in [0.3, 0.4) is 0 Å². The van der Waals surface area contributed by atoms with Crippen molar-refractivity contribution in [3.63, 3.8) is 0 Å². The zero-order chi connectivity index (χ0) is 16.5. The first-order chi connectivity index (χ1) is 11.7. The first-order valence-electron chi connectivity index (χ1n) is 7.52. The largest absolute Gasteiger partial charge is 0.508 e. The number of rotatable bonds is 2. The molecule has 0 saturated heterocycles. The van der Waals surface area contributed by atoms with Crippen LogP contribution in [0.1, 0.15) is 5.56 Å². The van der Waals surface area contributed by atoms with E-state index < -0.39 is 0 Å². The van der Waals surface area contributed by atoms with Gasteiger partial charge in [-0.2, -0.15) is 5.26 Å². The van der Waals surface area contributed by atoms with E-state index in [4.69, 9.17) is 5.26 Å². The van der Waals surface area contributed by atoms with Gasteiger partial charge in [0, 0.05) is 28.9 Å². The van der Waals surface area contributed by atoms with E-state index >= 15 is 0 Å². The Morgan fingerprint density at radius 1 is 0.958 bits per heavy atom. The summed E-state index contributed by atoms with van der Waals surface area (Å²) in [5.41, 5.74) is 5.21. The third-order valence-electron chi connectivity index (χ3n) is 4.01. The number of pyridine rings is 1. The zero-order valence-corrected chi connectivity index (χ0v) is 12.7. The Morgan fingerprint density at radius 3 is 2.62 bits per heavy atom. The lowest BCUT2D eigenvalue weighted by molar-refractivity contribution is 0.475. The predicted octanol–water partition coefficient (Wildman–Crippen LogP) is 4.47. The number of aromatic nitrogens is 2. The quantitative estimate of drug-likeness (QED) is 0.573. The van der Waals surface area contributed by atoms with Gasteiger partial charge in [-0.15, -0.1) is 0 Å². The van der Waals surface area contributed by atoms with Crippen LogP contribution in [-0.2, 0) is 0 Å². The summed E-state index contributed by atoms with van der Waals surface area (Å²) in [6.45, 7) is 0. The molecule has 4 rings (SSSR count). The molecule has 0 aliphatic heterocycles. The number of nitrogens with zero attached hydrogens (tertiary/aromatic N) is 2. The summed E-state index contributed by atoms with van der Waals surface area (Å²) in [6, 6.07) is 18.8. The number of nitrogens with one attached hydrogen (secondary N) is 1. The maximum Gasteiger partial charge on any atom is 0.137 e. The van der Waals surface area contributed by atoms with Crippen molar-refractivity contribution in [2.75, 3.05) is 0 Å². The minimum absolute atomic E-state index is 0.226. The van der Waals surface area contributed by atoms with Gasteiger partial charge in [-0.25, -0.2) is 4.98 Å². The van der Waals surface area contributed by atoms with Gasteiger partial charge in [0.1, 0.15) is 11.4 Å². The molecule has 24 heavy (non-hydrogen) atoms. The van der Waals surface area contributed by atoms with E-state index in [-0.39, 0.29) is 5.75 Å². The first kappa shape index (κ1) is 14.0. The van der Waals surface area contributed by atoms with E-state index in [2.05, 4.69) is 16.0 Å². The van der Waals surface area contributed by atoms with E-state index in [1.807, 2.05) is 42.6 Å². The Morgan fingerprint density at radius 2 is 1.79 bits per heavy atom. The monoisotopic (exact) mass is 311 g/mol. The van der Waals surface area contributed by atoms with E-state index in [1.54, 1.807) is 24.4 Å². The molecule has 0 radical (unpaired) electrons. The lowest BCUT2D eigenvalue weighted by atomic mass is 10.0. The molecular weight excluding hydrogens is 298 g/mol. The molecule has 2 heterocycles. The fraction of sp³-hybridized carbons (Fsp3) is 0. The summed E-state index contributed by atoms with van der Waals surface area (Å²) in [5, 5.41) is 19.8. The number of hydrogen-bond acceptors (Lipinski definition) is 3. The highest BCUT2D eigenvalue weighted by Crippen LogP contribution is 2.32. The van der Waals surface area contributed by atoms with Crippen molar-refractivity contribution in [2.45, 2.75) is 0 Å². The minimum Gasteiger partial charge on any atom is -0.508 e. The van der Waals surface area contributed by atoms with Crippen molar-refractivity contribution in [3.8, 4) is 34.1 Å². The number of aromatic hydroxyl groups is 1. The normalized spacial score (nSPS) is 10.6. The van der Waals surface area contributed by atoms with Crippen LogP contribution in [0, 0.1) is 11.3 Å². The molecule has 0 saturated carbocycles. The number of hydrogen-bond donors (Lipinski definition) is 2. The third-order valence-corrected chi connectivity index (χ3v) is 4.01. The smallest absolute Gasteiger partial charge is 0.137 e. The van der Waals surface area contributed by atoms with Crippen LogP contribution >= 0.6 is 0 Å². The predicted molar refractivity (Wildman–Crippen MR) is 93.3 cm³/mol. The molecule has 4 heteroatoms. The summed E-state index contributed by atoms with van der Waals surface area (Å²) in [6.07, 6.45) is 3.68. The molecule has 0 fully saturated rings. The van der Waals surface area contributed by atoms with Gasteiger partial charge in [0.25, 0.3) is 0 Å². The molecule has 2 N–H and O–H groups in total. The van der Waals surface area contributed by atoms with Crippen LogP contribution in [0.25, 0.3) is 33.3 Å². The Bertz CT molecular complexity index is 1090. The summed E-state index contributed by atoms with van der Waals surface area (Å²) >= 11 is 0. The molecule has 4 nitrogen and oxygen atoms in total. The number of fused-ring (bicyclic) bond motifs is 1. The Labute approximate surface area is 138 Å². The van der Waals surface area contributed by atoms with Gasteiger partial charge in [-0.05, 0) is 41.5 Å². The lowest BCUT2D eigenvalue weighted by Crippen LogP contribution is -1.83. The number of benzene rings is 2. The highest BCUT2D eigenvalue weighted by atomic mass is 16.3. The van der Waals surface area contributed by atoms with Crippen molar-refractivity contribution in [2.24, 2.45) is 0 Å². The van der Waals surface area contributed by atoms with Crippen LogP contribution < -0.4 is 0 Å². The summed E-state index contributed by atoms with van der Waals surface area (Å²) in [7, 11) is 0. The van der Waals surface area contributed by atoms with Crippen molar-refractivity contribution < 1.29 is 5.11 Å². The Balaban J connectivity index is 1.89. The highest BCUT2D eigenvalue weighted by molar-refractivity contribution is 5.96. The van der Waals surface area contributed by atoms with Gasteiger partial charge in [-0.1, -0.05) is 24.3 Å². The van der Waals surface area contributed by atoms with E-state index in [1.165, 1.54) is 0 Å². The molecule has 0 atom stereocenters.